The molecule has 1 aromatic carbocycles. The van der Waals surface area contributed by atoms with Crippen LogP contribution in [0.3, 0.4) is 0 Å². The van der Waals surface area contributed by atoms with E-state index in [9.17, 15) is 4.79 Å². The molecular weight excluding hydrogens is 212 g/mol. The molecule has 0 unspecified atom stereocenters. The quantitative estimate of drug-likeness (QED) is 0.819. The Kier molecular flexibility index (Phi) is 3.79. The zero-order valence-corrected chi connectivity index (χ0v) is 10.3. The molecule has 0 aliphatic heterocycles. The molecule has 1 aliphatic rings. The monoisotopic (exact) mass is 232 g/mol. The predicted octanol–water partition coefficient (Wildman–Crippen LogP) is 1.99. The van der Waals surface area contributed by atoms with E-state index in [1.54, 1.807) is 0 Å². The van der Waals surface area contributed by atoms with Gasteiger partial charge in [-0.2, -0.15) is 0 Å². The maximum Gasteiger partial charge on any atom is 0.251 e. The maximum atomic E-state index is 12.1. The van der Waals surface area contributed by atoms with Gasteiger partial charge in [0.15, 0.2) is 0 Å². The molecule has 0 bridgehead atoms. The summed E-state index contributed by atoms with van der Waals surface area (Å²) in [4.78, 5) is 12.1. The highest BCUT2D eigenvalue weighted by Gasteiger charge is 2.20. The molecule has 2 rings (SSSR count). The fourth-order valence-corrected chi connectivity index (χ4v) is 2.35. The van der Waals surface area contributed by atoms with Gasteiger partial charge >= 0.3 is 0 Å². The molecule has 0 radical (unpaired) electrons. The molecule has 3 N–H and O–H groups in total. The molecule has 17 heavy (non-hydrogen) atoms. The van der Waals surface area contributed by atoms with Crippen LogP contribution in [0.2, 0.25) is 0 Å². The zero-order valence-electron chi connectivity index (χ0n) is 10.3. The molecule has 3 heteroatoms. The van der Waals surface area contributed by atoms with Crippen molar-refractivity contribution in [2.24, 2.45) is 5.73 Å². The van der Waals surface area contributed by atoms with Gasteiger partial charge in [0.05, 0.1) is 0 Å². The first-order valence-corrected chi connectivity index (χ1v) is 6.29. The van der Waals surface area contributed by atoms with E-state index in [0.717, 1.165) is 36.8 Å². The van der Waals surface area contributed by atoms with Crippen LogP contribution in [0.25, 0.3) is 0 Å². The Morgan fingerprint density at radius 1 is 1.24 bits per heavy atom. The maximum absolute atomic E-state index is 12.1. The van der Waals surface area contributed by atoms with Gasteiger partial charge in [-0.1, -0.05) is 18.2 Å². The van der Waals surface area contributed by atoms with E-state index < -0.39 is 0 Å². The minimum Gasteiger partial charge on any atom is -0.349 e. The van der Waals surface area contributed by atoms with Crippen molar-refractivity contribution in [2.75, 3.05) is 0 Å². The number of benzene rings is 1. The van der Waals surface area contributed by atoms with Crippen LogP contribution in [0.4, 0.5) is 0 Å². The van der Waals surface area contributed by atoms with Gasteiger partial charge in [0, 0.05) is 17.6 Å². The third-order valence-corrected chi connectivity index (χ3v) is 3.50. The Bertz CT molecular complexity index is 395. The fraction of sp³-hybridized carbons (Fsp3) is 0.500. The number of hydrogen-bond acceptors (Lipinski definition) is 2. The standard InChI is InChI=1S/C14H20N2O/c1-10-4-2-3-5-13(10)14(17)16-12-8-6-11(15)7-9-12/h2-5,11-12H,6-9,15H2,1H3,(H,16,17)/t11-,12-. The molecule has 92 valence electrons. The lowest BCUT2D eigenvalue weighted by molar-refractivity contribution is 0.0925. The molecule has 0 saturated heterocycles. The summed E-state index contributed by atoms with van der Waals surface area (Å²) in [6.07, 6.45) is 4.02. The van der Waals surface area contributed by atoms with Gasteiger partial charge in [-0.25, -0.2) is 0 Å². The van der Waals surface area contributed by atoms with Crippen LogP contribution in [-0.2, 0) is 0 Å². The second-order valence-corrected chi connectivity index (χ2v) is 4.90. The van der Waals surface area contributed by atoms with E-state index in [1.165, 1.54) is 0 Å². The topological polar surface area (TPSA) is 55.1 Å². The summed E-state index contributed by atoms with van der Waals surface area (Å²) in [5.41, 5.74) is 7.66. The number of hydrogen-bond donors (Lipinski definition) is 2. The second kappa shape index (κ2) is 5.32. The molecule has 0 aromatic heterocycles. The van der Waals surface area contributed by atoms with Gasteiger partial charge in [0.2, 0.25) is 0 Å². The van der Waals surface area contributed by atoms with Crippen molar-refractivity contribution in [2.45, 2.75) is 44.7 Å². The molecule has 1 saturated carbocycles. The van der Waals surface area contributed by atoms with Crippen LogP contribution in [-0.4, -0.2) is 18.0 Å². The summed E-state index contributed by atoms with van der Waals surface area (Å²) in [5.74, 6) is 0.0450. The van der Waals surface area contributed by atoms with Crippen LogP contribution < -0.4 is 11.1 Å². The van der Waals surface area contributed by atoms with Crippen LogP contribution in [0.15, 0.2) is 24.3 Å². The van der Waals surface area contributed by atoms with Gasteiger partial charge in [-0.15, -0.1) is 0 Å². The molecule has 1 aliphatic carbocycles. The largest absolute Gasteiger partial charge is 0.349 e. The first-order valence-electron chi connectivity index (χ1n) is 6.29. The van der Waals surface area contributed by atoms with Crippen molar-refractivity contribution in [3.05, 3.63) is 35.4 Å². The number of aryl methyl sites for hydroxylation is 1. The molecule has 1 aromatic rings. The number of amides is 1. The lowest BCUT2D eigenvalue weighted by Crippen LogP contribution is -2.40. The smallest absolute Gasteiger partial charge is 0.251 e. The predicted molar refractivity (Wildman–Crippen MR) is 68.9 cm³/mol. The van der Waals surface area contributed by atoms with Crippen molar-refractivity contribution in [3.8, 4) is 0 Å². The number of carbonyl (C=O) groups is 1. The Balaban J connectivity index is 1.96. The van der Waals surface area contributed by atoms with Crippen molar-refractivity contribution in [1.29, 1.82) is 0 Å². The van der Waals surface area contributed by atoms with Crippen molar-refractivity contribution >= 4 is 5.91 Å². The summed E-state index contributed by atoms with van der Waals surface area (Å²) >= 11 is 0. The minimum atomic E-state index is 0.0450. The van der Waals surface area contributed by atoms with Crippen molar-refractivity contribution in [3.63, 3.8) is 0 Å². The first-order chi connectivity index (χ1) is 8.16. The lowest BCUT2D eigenvalue weighted by atomic mass is 9.91. The Morgan fingerprint density at radius 3 is 2.53 bits per heavy atom. The van der Waals surface area contributed by atoms with E-state index >= 15 is 0 Å². The summed E-state index contributed by atoms with van der Waals surface area (Å²) < 4.78 is 0. The number of rotatable bonds is 2. The zero-order chi connectivity index (χ0) is 12.3. The Morgan fingerprint density at radius 2 is 1.88 bits per heavy atom. The summed E-state index contributed by atoms with van der Waals surface area (Å²) in [5, 5.41) is 3.10. The first kappa shape index (κ1) is 12.1. The molecule has 0 spiro atoms. The van der Waals surface area contributed by atoms with Gasteiger partial charge in [0.1, 0.15) is 0 Å². The molecule has 3 nitrogen and oxygen atoms in total. The lowest BCUT2D eigenvalue weighted by Gasteiger charge is -2.27. The highest BCUT2D eigenvalue weighted by Crippen LogP contribution is 2.17. The highest BCUT2D eigenvalue weighted by atomic mass is 16.1. The van der Waals surface area contributed by atoms with E-state index in [0.29, 0.717) is 12.1 Å². The molecule has 1 amide bonds. The Labute approximate surface area is 102 Å². The van der Waals surface area contributed by atoms with E-state index in [2.05, 4.69) is 5.32 Å². The van der Waals surface area contributed by atoms with Gasteiger partial charge < -0.3 is 11.1 Å². The average molecular weight is 232 g/mol. The SMILES string of the molecule is Cc1ccccc1C(=O)N[C@H]1CC[C@H](N)CC1. The van der Waals surface area contributed by atoms with E-state index in [4.69, 9.17) is 5.73 Å². The third-order valence-electron chi connectivity index (χ3n) is 3.50. The number of nitrogens with one attached hydrogen (secondary N) is 1. The van der Waals surface area contributed by atoms with E-state index in [1.807, 2.05) is 31.2 Å². The van der Waals surface area contributed by atoms with Gasteiger partial charge in [-0.05, 0) is 44.2 Å². The highest BCUT2D eigenvalue weighted by molar-refractivity contribution is 5.95. The summed E-state index contributed by atoms with van der Waals surface area (Å²) in [7, 11) is 0. The molecular formula is C14H20N2O. The van der Waals surface area contributed by atoms with Crippen LogP contribution in [0.5, 0.6) is 0 Å². The molecule has 0 heterocycles. The fourth-order valence-electron chi connectivity index (χ4n) is 2.35. The Hall–Kier alpha value is -1.35. The van der Waals surface area contributed by atoms with E-state index in [-0.39, 0.29) is 5.91 Å². The van der Waals surface area contributed by atoms with Crippen LogP contribution in [0, 0.1) is 6.92 Å². The summed E-state index contributed by atoms with van der Waals surface area (Å²) in [6, 6.07) is 8.30. The van der Waals surface area contributed by atoms with Gasteiger partial charge in [0.25, 0.3) is 5.91 Å². The van der Waals surface area contributed by atoms with Crippen LogP contribution in [0.1, 0.15) is 41.6 Å². The molecule has 1 fully saturated rings. The minimum absolute atomic E-state index is 0.0450. The van der Waals surface area contributed by atoms with Gasteiger partial charge in [-0.3, -0.25) is 4.79 Å². The van der Waals surface area contributed by atoms with Crippen molar-refractivity contribution in [1.82, 2.24) is 5.32 Å². The molecule has 0 atom stereocenters. The normalized spacial score (nSPS) is 24.4. The van der Waals surface area contributed by atoms with Crippen molar-refractivity contribution < 1.29 is 4.79 Å². The second-order valence-electron chi connectivity index (χ2n) is 4.90. The number of carbonyl (C=O) groups excluding carboxylic acids is 1. The summed E-state index contributed by atoms with van der Waals surface area (Å²) in [6.45, 7) is 1.96. The third kappa shape index (κ3) is 3.07. The average Bonchev–Trinajstić information content (AvgIpc) is 2.32. The van der Waals surface area contributed by atoms with Crippen LogP contribution >= 0.6 is 0 Å². The number of nitrogens with two attached hydrogens (primary N) is 1.